The lowest BCUT2D eigenvalue weighted by molar-refractivity contribution is -0.0495. The first-order valence-corrected chi connectivity index (χ1v) is 6.17. The van der Waals surface area contributed by atoms with Gasteiger partial charge in [0.2, 0.25) is 0 Å². The Morgan fingerprint density at radius 3 is 2.79 bits per heavy atom. The van der Waals surface area contributed by atoms with Gasteiger partial charge in [0.15, 0.2) is 0 Å². The highest BCUT2D eigenvalue weighted by molar-refractivity contribution is 4.91. The lowest BCUT2D eigenvalue weighted by atomic mass is 9.97. The van der Waals surface area contributed by atoms with Gasteiger partial charge in [-0.2, -0.15) is 0 Å². The number of hydrogen-bond acceptors (Lipinski definition) is 2. The maximum Gasteiger partial charge on any atom is 0.0801 e. The van der Waals surface area contributed by atoms with E-state index in [1.807, 2.05) is 0 Å². The molecule has 1 aliphatic carbocycles. The highest BCUT2D eigenvalue weighted by Crippen LogP contribution is 2.32. The molecule has 0 amide bonds. The van der Waals surface area contributed by atoms with Crippen molar-refractivity contribution in [2.75, 3.05) is 13.2 Å². The lowest BCUT2D eigenvalue weighted by Gasteiger charge is -2.30. The monoisotopic (exact) mass is 197 g/mol. The van der Waals surface area contributed by atoms with Crippen molar-refractivity contribution < 1.29 is 4.74 Å². The Bertz CT molecular complexity index is 173. The van der Waals surface area contributed by atoms with Crippen LogP contribution in [-0.2, 0) is 4.74 Å². The van der Waals surface area contributed by atoms with Crippen molar-refractivity contribution >= 4 is 0 Å². The molecule has 1 saturated carbocycles. The summed E-state index contributed by atoms with van der Waals surface area (Å²) >= 11 is 0. The average Bonchev–Trinajstić information content (AvgIpc) is 2.61. The van der Waals surface area contributed by atoms with E-state index in [0.29, 0.717) is 0 Å². The van der Waals surface area contributed by atoms with Gasteiger partial charge in [0.05, 0.1) is 12.2 Å². The summed E-state index contributed by atoms with van der Waals surface area (Å²) in [6.07, 6.45) is 6.38. The molecule has 2 aliphatic rings. The first-order chi connectivity index (χ1) is 6.79. The zero-order valence-corrected chi connectivity index (χ0v) is 9.51. The first kappa shape index (κ1) is 10.4. The average molecular weight is 197 g/mol. The second kappa shape index (κ2) is 4.19. The van der Waals surface area contributed by atoms with Gasteiger partial charge < -0.3 is 10.1 Å². The van der Waals surface area contributed by atoms with Crippen LogP contribution < -0.4 is 5.32 Å². The van der Waals surface area contributed by atoms with Crippen molar-refractivity contribution in [3.05, 3.63) is 0 Å². The third-order valence-electron chi connectivity index (χ3n) is 4.24. The molecular formula is C12H23NO. The molecule has 1 heterocycles. The summed E-state index contributed by atoms with van der Waals surface area (Å²) in [5, 5.41) is 3.71. The SMILES string of the molecule is CCC1(CC)CNC2CCCC2CO1. The molecule has 1 N–H and O–H groups in total. The molecule has 82 valence electrons. The molecule has 14 heavy (non-hydrogen) atoms. The molecule has 0 radical (unpaired) electrons. The van der Waals surface area contributed by atoms with Crippen LogP contribution in [0.2, 0.25) is 0 Å². The standard InChI is InChI=1S/C12H23NO/c1-3-12(4-2)9-13-11-7-5-6-10(11)8-14-12/h10-11,13H,3-9H2,1-2H3. The first-order valence-electron chi connectivity index (χ1n) is 6.17. The Labute approximate surface area is 87.4 Å². The third kappa shape index (κ3) is 1.82. The fourth-order valence-corrected chi connectivity index (χ4v) is 2.86. The zero-order valence-electron chi connectivity index (χ0n) is 9.51. The Hall–Kier alpha value is -0.0800. The fourth-order valence-electron chi connectivity index (χ4n) is 2.86. The summed E-state index contributed by atoms with van der Waals surface area (Å²) in [4.78, 5) is 0. The van der Waals surface area contributed by atoms with Crippen molar-refractivity contribution in [3.8, 4) is 0 Å². The molecule has 0 aromatic rings. The van der Waals surface area contributed by atoms with Crippen molar-refractivity contribution in [1.82, 2.24) is 5.32 Å². The van der Waals surface area contributed by atoms with Crippen LogP contribution in [0.1, 0.15) is 46.0 Å². The maximum atomic E-state index is 6.14. The van der Waals surface area contributed by atoms with Crippen molar-refractivity contribution in [2.45, 2.75) is 57.6 Å². The van der Waals surface area contributed by atoms with E-state index in [4.69, 9.17) is 4.74 Å². The van der Waals surface area contributed by atoms with E-state index in [2.05, 4.69) is 19.2 Å². The van der Waals surface area contributed by atoms with E-state index < -0.39 is 0 Å². The van der Waals surface area contributed by atoms with Crippen LogP contribution in [0.15, 0.2) is 0 Å². The molecule has 0 spiro atoms. The normalized spacial score (nSPS) is 36.4. The van der Waals surface area contributed by atoms with Crippen molar-refractivity contribution in [2.24, 2.45) is 5.92 Å². The van der Waals surface area contributed by atoms with Crippen LogP contribution in [-0.4, -0.2) is 24.8 Å². The molecule has 1 saturated heterocycles. The van der Waals surface area contributed by atoms with Gasteiger partial charge in [-0.25, -0.2) is 0 Å². The molecule has 2 fully saturated rings. The second-order valence-corrected chi connectivity index (χ2v) is 4.88. The molecule has 0 bridgehead atoms. The van der Waals surface area contributed by atoms with E-state index >= 15 is 0 Å². The minimum absolute atomic E-state index is 0.129. The molecule has 0 aromatic carbocycles. The molecular weight excluding hydrogens is 174 g/mol. The van der Waals surface area contributed by atoms with Gasteiger partial charge in [0.25, 0.3) is 0 Å². The zero-order chi connectivity index (χ0) is 10.0. The van der Waals surface area contributed by atoms with Crippen molar-refractivity contribution in [1.29, 1.82) is 0 Å². The molecule has 2 atom stereocenters. The molecule has 2 unspecified atom stereocenters. The predicted molar refractivity (Wildman–Crippen MR) is 58.4 cm³/mol. The van der Waals surface area contributed by atoms with Crippen LogP contribution >= 0.6 is 0 Å². The molecule has 0 aromatic heterocycles. The van der Waals surface area contributed by atoms with Crippen LogP contribution in [0.25, 0.3) is 0 Å². The summed E-state index contributed by atoms with van der Waals surface area (Å²) in [5.74, 6) is 0.787. The van der Waals surface area contributed by atoms with E-state index in [1.54, 1.807) is 0 Å². The Kier molecular flexibility index (Phi) is 3.13. The fraction of sp³-hybridized carbons (Fsp3) is 1.00. The Morgan fingerprint density at radius 1 is 1.29 bits per heavy atom. The minimum atomic E-state index is 0.129. The summed E-state index contributed by atoms with van der Waals surface area (Å²) in [6.45, 7) is 6.53. The Balaban J connectivity index is 2.00. The smallest absolute Gasteiger partial charge is 0.0801 e. The Morgan fingerprint density at radius 2 is 2.07 bits per heavy atom. The largest absolute Gasteiger partial charge is 0.373 e. The van der Waals surface area contributed by atoms with Crippen molar-refractivity contribution in [3.63, 3.8) is 0 Å². The van der Waals surface area contributed by atoms with E-state index in [1.165, 1.54) is 19.3 Å². The summed E-state index contributed by atoms with van der Waals surface area (Å²) in [7, 11) is 0. The molecule has 2 rings (SSSR count). The highest BCUT2D eigenvalue weighted by Gasteiger charge is 2.37. The van der Waals surface area contributed by atoms with E-state index in [-0.39, 0.29) is 5.60 Å². The predicted octanol–water partition coefficient (Wildman–Crippen LogP) is 2.33. The number of rotatable bonds is 2. The molecule has 2 heteroatoms. The summed E-state index contributed by atoms with van der Waals surface area (Å²) < 4.78 is 6.14. The second-order valence-electron chi connectivity index (χ2n) is 4.88. The van der Waals surface area contributed by atoms with Gasteiger partial charge in [-0.15, -0.1) is 0 Å². The summed E-state index contributed by atoms with van der Waals surface area (Å²) in [5.41, 5.74) is 0.129. The summed E-state index contributed by atoms with van der Waals surface area (Å²) in [6, 6.07) is 0.745. The van der Waals surface area contributed by atoms with Gasteiger partial charge in [0.1, 0.15) is 0 Å². The van der Waals surface area contributed by atoms with Gasteiger partial charge in [-0.05, 0) is 31.6 Å². The number of nitrogens with one attached hydrogen (secondary N) is 1. The van der Waals surface area contributed by atoms with Gasteiger partial charge >= 0.3 is 0 Å². The van der Waals surface area contributed by atoms with Gasteiger partial charge in [-0.1, -0.05) is 20.3 Å². The topological polar surface area (TPSA) is 21.3 Å². The highest BCUT2D eigenvalue weighted by atomic mass is 16.5. The molecule has 1 aliphatic heterocycles. The lowest BCUT2D eigenvalue weighted by Crippen LogP contribution is -2.42. The third-order valence-corrected chi connectivity index (χ3v) is 4.24. The van der Waals surface area contributed by atoms with Gasteiger partial charge in [-0.3, -0.25) is 0 Å². The maximum absolute atomic E-state index is 6.14. The minimum Gasteiger partial charge on any atom is -0.373 e. The molecule has 2 nitrogen and oxygen atoms in total. The van der Waals surface area contributed by atoms with Crippen LogP contribution in [0.3, 0.4) is 0 Å². The van der Waals surface area contributed by atoms with Crippen LogP contribution in [0, 0.1) is 5.92 Å². The van der Waals surface area contributed by atoms with E-state index in [9.17, 15) is 0 Å². The van der Waals surface area contributed by atoms with Gasteiger partial charge in [0, 0.05) is 12.6 Å². The number of ether oxygens (including phenoxy) is 1. The number of hydrogen-bond donors (Lipinski definition) is 1. The van der Waals surface area contributed by atoms with Crippen LogP contribution in [0.5, 0.6) is 0 Å². The van der Waals surface area contributed by atoms with E-state index in [0.717, 1.165) is 38.0 Å². The quantitative estimate of drug-likeness (QED) is 0.733. The van der Waals surface area contributed by atoms with Crippen LogP contribution in [0.4, 0.5) is 0 Å². The number of fused-ring (bicyclic) bond motifs is 1.